The van der Waals surface area contributed by atoms with Crippen LogP contribution in [-0.4, -0.2) is 12.1 Å². The maximum Gasteiger partial charge on any atom is 0.338 e. The largest absolute Gasteiger partial charge is 0.458 e. The van der Waals surface area contributed by atoms with E-state index in [4.69, 9.17) is 10.5 Å². The van der Waals surface area contributed by atoms with Crippen LogP contribution in [0.4, 0.5) is 5.69 Å². The highest BCUT2D eigenvalue weighted by Crippen LogP contribution is 2.35. The molecule has 0 radical (unpaired) electrons. The van der Waals surface area contributed by atoms with Gasteiger partial charge in [-0.1, -0.05) is 27.2 Å². The second kappa shape index (κ2) is 6.29. The number of ether oxygens (including phenoxy) is 1. The molecular weight excluding hydrogens is 250 g/mol. The molecule has 1 aromatic rings. The van der Waals surface area contributed by atoms with Crippen LogP contribution in [0.25, 0.3) is 0 Å². The van der Waals surface area contributed by atoms with E-state index in [2.05, 4.69) is 20.8 Å². The SMILES string of the molecule is CC(C)[C@H]1CC[C@@H](C)C[C@H]1OC(=O)c1ccc(N)cc1. The van der Waals surface area contributed by atoms with E-state index in [0.717, 1.165) is 12.8 Å². The quantitative estimate of drug-likeness (QED) is 0.672. The van der Waals surface area contributed by atoms with Crippen LogP contribution >= 0.6 is 0 Å². The summed E-state index contributed by atoms with van der Waals surface area (Å²) in [7, 11) is 0. The van der Waals surface area contributed by atoms with Crippen LogP contribution in [0.1, 0.15) is 50.4 Å². The average Bonchev–Trinajstić information content (AvgIpc) is 2.39. The maximum atomic E-state index is 12.2. The molecule has 0 aliphatic heterocycles. The number of esters is 1. The zero-order valence-electron chi connectivity index (χ0n) is 12.6. The molecule has 1 aliphatic rings. The summed E-state index contributed by atoms with van der Waals surface area (Å²) < 4.78 is 5.78. The van der Waals surface area contributed by atoms with Gasteiger partial charge in [0.25, 0.3) is 0 Å². The van der Waals surface area contributed by atoms with Gasteiger partial charge in [-0.25, -0.2) is 4.79 Å². The van der Waals surface area contributed by atoms with Gasteiger partial charge in [-0.3, -0.25) is 0 Å². The number of nitrogens with two attached hydrogens (primary N) is 1. The number of nitrogen functional groups attached to an aromatic ring is 1. The van der Waals surface area contributed by atoms with Crippen LogP contribution < -0.4 is 5.73 Å². The molecule has 1 aromatic carbocycles. The van der Waals surface area contributed by atoms with Gasteiger partial charge in [0.2, 0.25) is 0 Å². The van der Waals surface area contributed by atoms with Gasteiger partial charge >= 0.3 is 5.97 Å². The Bertz CT molecular complexity index is 453. The van der Waals surface area contributed by atoms with Crippen molar-refractivity contribution in [1.29, 1.82) is 0 Å². The number of hydrogen-bond donors (Lipinski definition) is 1. The molecule has 0 amide bonds. The topological polar surface area (TPSA) is 52.3 Å². The summed E-state index contributed by atoms with van der Waals surface area (Å²) in [4.78, 5) is 12.2. The second-order valence-electron chi connectivity index (χ2n) is 6.39. The van der Waals surface area contributed by atoms with Gasteiger partial charge in [0, 0.05) is 5.69 Å². The molecule has 110 valence electrons. The Morgan fingerprint density at radius 2 is 1.90 bits per heavy atom. The Morgan fingerprint density at radius 3 is 2.50 bits per heavy atom. The average molecular weight is 275 g/mol. The lowest BCUT2D eigenvalue weighted by atomic mass is 9.75. The first-order valence-corrected chi connectivity index (χ1v) is 7.54. The summed E-state index contributed by atoms with van der Waals surface area (Å²) in [5.74, 6) is 1.43. The Morgan fingerprint density at radius 1 is 1.25 bits per heavy atom. The highest BCUT2D eigenvalue weighted by atomic mass is 16.5. The molecule has 20 heavy (non-hydrogen) atoms. The highest BCUT2D eigenvalue weighted by molar-refractivity contribution is 5.89. The van der Waals surface area contributed by atoms with Gasteiger partial charge in [-0.05, 0) is 54.9 Å². The van der Waals surface area contributed by atoms with Crippen LogP contribution in [0.5, 0.6) is 0 Å². The van der Waals surface area contributed by atoms with E-state index in [1.165, 1.54) is 6.42 Å². The van der Waals surface area contributed by atoms with E-state index >= 15 is 0 Å². The predicted molar refractivity (Wildman–Crippen MR) is 81.4 cm³/mol. The number of rotatable bonds is 3. The molecule has 3 nitrogen and oxygen atoms in total. The van der Waals surface area contributed by atoms with Crippen molar-refractivity contribution < 1.29 is 9.53 Å². The van der Waals surface area contributed by atoms with Crippen molar-refractivity contribution in [3.05, 3.63) is 29.8 Å². The standard InChI is InChI=1S/C17H25NO2/c1-11(2)15-9-4-12(3)10-16(15)20-17(19)13-5-7-14(18)8-6-13/h5-8,11-12,15-16H,4,9-10,18H2,1-3H3/t12-,15-,16-/m1/s1. The summed E-state index contributed by atoms with van der Waals surface area (Å²) in [6.45, 7) is 6.66. The fourth-order valence-corrected chi connectivity index (χ4v) is 3.07. The van der Waals surface area contributed by atoms with Gasteiger partial charge in [0.1, 0.15) is 6.10 Å². The van der Waals surface area contributed by atoms with Crippen LogP contribution in [0.15, 0.2) is 24.3 Å². The van der Waals surface area contributed by atoms with E-state index < -0.39 is 0 Å². The number of carbonyl (C=O) groups is 1. The third-order valence-electron chi connectivity index (χ3n) is 4.37. The minimum Gasteiger partial charge on any atom is -0.458 e. The Kier molecular flexibility index (Phi) is 4.69. The van der Waals surface area contributed by atoms with Crippen molar-refractivity contribution in [3.63, 3.8) is 0 Å². The lowest BCUT2D eigenvalue weighted by molar-refractivity contribution is -0.0174. The lowest BCUT2D eigenvalue weighted by Crippen LogP contribution is -2.35. The maximum absolute atomic E-state index is 12.2. The Labute approximate surface area is 121 Å². The van der Waals surface area contributed by atoms with Crippen molar-refractivity contribution >= 4 is 11.7 Å². The van der Waals surface area contributed by atoms with Crippen LogP contribution in [0.2, 0.25) is 0 Å². The first kappa shape index (κ1) is 14.9. The highest BCUT2D eigenvalue weighted by Gasteiger charge is 2.33. The van der Waals surface area contributed by atoms with E-state index in [9.17, 15) is 4.79 Å². The normalized spacial score (nSPS) is 26.5. The van der Waals surface area contributed by atoms with Crippen molar-refractivity contribution in [2.45, 2.75) is 46.1 Å². The third kappa shape index (κ3) is 3.53. The summed E-state index contributed by atoms with van der Waals surface area (Å²) in [5, 5.41) is 0. The Balaban J connectivity index is 2.05. The monoisotopic (exact) mass is 275 g/mol. The van der Waals surface area contributed by atoms with Crippen molar-refractivity contribution in [1.82, 2.24) is 0 Å². The molecule has 1 aliphatic carbocycles. The molecule has 0 unspecified atom stereocenters. The molecular formula is C17H25NO2. The van der Waals surface area contributed by atoms with E-state index in [0.29, 0.717) is 29.0 Å². The van der Waals surface area contributed by atoms with Crippen LogP contribution in [0, 0.1) is 17.8 Å². The number of carbonyl (C=O) groups excluding carboxylic acids is 1. The lowest BCUT2D eigenvalue weighted by Gasteiger charge is -2.36. The summed E-state index contributed by atoms with van der Waals surface area (Å²) in [6, 6.07) is 6.93. The molecule has 1 saturated carbocycles. The van der Waals surface area contributed by atoms with Crippen LogP contribution in [0.3, 0.4) is 0 Å². The second-order valence-corrected chi connectivity index (χ2v) is 6.39. The van der Waals surface area contributed by atoms with Crippen molar-refractivity contribution in [3.8, 4) is 0 Å². The first-order chi connectivity index (χ1) is 9.47. The minimum atomic E-state index is -0.227. The van der Waals surface area contributed by atoms with Crippen LogP contribution in [-0.2, 0) is 4.74 Å². The minimum absolute atomic E-state index is 0.0452. The molecule has 0 spiro atoms. The van der Waals surface area contributed by atoms with Gasteiger partial charge in [-0.2, -0.15) is 0 Å². The van der Waals surface area contributed by atoms with Gasteiger partial charge in [-0.15, -0.1) is 0 Å². The van der Waals surface area contributed by atoms with Crippen molar-refractivity contribution in [2.24, 2.45) is 17.8 Å². The fraction of sp³-hybridized carbons (Fsp3) is 0.588. The molecule has 0 saturated heterocycles. The summed E-state index contributed by atoms with van der Waals surface area (Å²) >= 11 is 0. The Hall–Kier alpha value is -1.51. The molecule has 0 heterocycles. The van der Waals surface area contributed by atoms with Gasteiger partial charge in [0.05, 0.1) is 5.56 Å². The van der Waals surface area contributed by atoms with E-state index in [1.807, 2.05) is 0 Å². The molecule has 2 N–H and O–H groups in total. The molecule has 0 aromatic heterocycles. The van der Waals surface area contributed by atoms with Crippen molar-refractivity contribution in [2.75, 3.05) is 5.73 Å². The molecule has 0 bridgehead atoms. The van der Waals surface area contributed by atoms with E-state index in [1.54, 1.807) is 24.3 Å². The summed E-state index contributed by atoms with van der Waals surface area (Å²) in [5.41, 5.74) is 6.88. The van der Waals surface area contributed by atoms with E-state index in [-0.39, 0.29) is 12.1 Å². The first-order valence-electron chi connectivity index (χ1n) is 7.54. The molecule has 3 atom stereocenters. The van der Waals surface area contributed by atoms with Gasteiger partial charge < -0.3 is 10.5 Å². The zero-order chi connectivity index (χ0) is 14.7. The van der Waals surface area contributed by atoms with Gasteiger partial charge in [0.15, 0.2) is 0 Å². The molecule has 1 fully saturated rings. The number of anilines is 1. The summed E-state index contributed by atoms with van der Waals surface area (Å²) in [6.07, 6.45) is 3.41. The predicted octanol–water partition coefficient (Wildman–Crippen LogP) is 3.89. The molecule has 2 rings (SSSR count). The molecule has 3 heteroatoms. The smallest absolute Gasteiger partial charge is 0.338 e. The zero-order valence-corrected chi connectivity index (χ0v) is 12.6. The number of benzene rings is 1. The third-order valence-corrected chi connectivity index (χ3v) is 4.37. The number of hydrogen-bond acceptors (Lipinski definition) is 3. The fourth-order valence-electron chi connectivity index (χ4n) is 3.07.